The van der Waals surface area contributed by atoms with Gasteiger partial charge in [-0.3, -0.25) is 0 Å². The monoisotopic (exact) mass is 646 g/mol. The van der Waals surface area contributed by atoms with Gasteiger partial charge in [-0.2, -0.15) is 26.3 Å². The first-order chi connectivity index (χ1) is 20.9. The van der Waals surface area contributed by atoms with Gasteiger partial charge in [0.1, 0.15) is 6.10 Å². The van der Waals surface area contributed by atoms with Crippen molar-refractivity contribution in [2.75, 3.05) is 14.2 Å². The third kappa shape index (κ3) is 7.16. The summed E-state index contributed by atoms with van der Waals surface area (Å²) in [5.74, 6) is -3.35. The number of esters is 2. The number of carbonyl (C=O) groups is 2. The zero-order chi connectivity index (χ0) is 33.8. The molecule has 0 radical (unpaired) electrons. The molecule has 0 saturated heterocycles. The van der Waals surface area contributed by atoms with Crippen LogP contribution in [0.25, 0.3) is 0 Å². The Kier molecular flexibility index (Phi) is 11.1. The lowest BCUT2D eigenvalue weighted by Gasteiger charge is -2.47. The lowest BCUT2D eigenvalue weighted by molar-refractivity contribution is -0.279. The molecule has 2 aromatic carbocycles. The molecule has 0 aromatic heterocycles. The fraction of sp³-hybridized carbons (Fsp3) is 0.576. The fourth-order valence-corrected chi connectivity index (χ4v) is 6.68. The number of methoxy groups -OCH3 is 2. The molecule has 0 spiro atoms. The molecule has 1 saturated carbocycles. The van der Waals surface area contributed by atoms with Crippen LogP contribution >= 0.6 is 0 Å². The Morgan fingerprint density at radius 3 is 1.67 bits per heavy atom. The average molecular weight is 647 g/mol. The van der Waals surface area contributed by atoms with E-state index in [1.54, 1.807) is 0 Å². The van der Waals surface area contributed by atoms with E-state index in [0.29, 0.717) is 6.42 Å². The van der Waals surface area contributed by atoms with Crippen LogP contribution in [-0.4, -0.2) is 50.7 Å². The van der Waals surface area contributed by atoms with Crippen molar-refractivity contribution in [3.8, 4) is 0 Å². The number of carbonyl (C=O) groups excluding carboxylic acids is 2. The van der Waals surface area contributed by atoms with Crippen molar-refractivity contribution in [1.29, 1.82) is 0 Å². The highest BCUT2D eigenvalue weighted by Crippen LogP contribution is 2.49. The lowest BCUT2D eigenvalue weighted by atomic mass is 9.61. The van der Waals surface area contributed by atoms with Crippen LogP contribution in [0.3, 0.4) is 0 Å². The highest BCUT2D eigenvalue weighted by atomic mass is 19.4. The van der Waals surface area contributed by atoms with E-state index in [2.05, 4.69) is 0 Å². The van der Waals surface area contributed by atoms with Gasteiger partial charge in [0.15, 0.2) is 0 Å². The molecule has 0 heterocycles. The molecule has 2 aromatic rings. The molecule has 0 bridgehead atoms. The fourth-order valence-electron chi connectivity index (χ4n) is 6.68. The normalized spacial score (nSPS) is 23.7. The van der Waals surface area contributed by atoms with Gasteiger partial charge in [0, 0.05) is 25.3 Å². The largest absolute Gasteiger partial charge is 0.460 e. The minimum atomic E-state index is -5.10. The van der Waals surface area contributed by atoms with Crippen LogP contribution < -0.4 is 0 Å². The van der Waals surface area contributed by atoms with E-state index in [0.717, 1.165) is 38.5 Å². The van der Waals surface area contributed by atoms with Crippen molar-refractivity contribution >= 4 is 11.9 Å². The van der Waals surface area contributed by atoms with E-state index < -0.39 is 64.2 Å². The summed E-state index contributed by atoms with van der Waals surface area (Å²) in [4.78, 5) is 26.2. The van der Waals surface area contributed by atoms with Gasteiger partial charge in [-0.05, 0) is 49.9 Å². The molecule has 1 fully saturated rings. The smallest absolute Gasteiger partial charge is 0.432 e. The quantitative estimate of drug-likeness (QED) is 0.183. The molecule has 45 heavy (non-hydrogen) atoms. The molecule has 6 atom stereocenters. The molecule has 1 aliphatic carbocycles. The van der Waals surface area contributed by atoms with Crippen molar-refractivity contribution in [2.45, 2.75) is 89.1 Å². The second kappa shape index (κ2) is 13.7. The molecular formula is C33H40F6O6. The highest BCUT2D eigenvalue weighted by molar-refractivity contribution is 5.83. The molecule has 0 amide bonds. The minimum Gasteiger partial charge on any atom is -0.460 e. The van der Waals surface area contributed by atoms with Crippen LogP contribution in [0.1, 0.15) is 64.5 Å². The Bertz CT molecular complexity index is 1280. The minimum absolute atomic E-state index is 0.0681. The zero-order valence-electron chi connectivity index (χ0n) is 26.1. The van der Waals surface area contributed by atoms with Crippen LogP contribution in [0.5, 0.6) is 0 Å². The predicted molar refractivity (Wildman–Crippen MR) is 153 cm³/mol. The summed E-state index contributed by atoms with van der Waals surface area (Å²) in [5, 5.41) is 0. The van der Waals surface area contributed by atoms with Crippen molar-refractivity contribution in [2.24, 2.45) is 17.3 Å². The van der Waals surface area contributed by atoms with E-state index >= 15 is 0 Å². The van der Waals surface area contributed by atoms with E-state index in [1.165, 1.54) is 43.3 Å². The van der Waals surface area contributed by atoms with Gasteiger partial charge in [0.2, 0.25) is 0 Å². The number of benzene rings is 2. The second-order valence-electron chi connectivity index (χ2n) is 12.3. The van der Waals surface area contributed by atoms with Crippen molar-refractivity contribution in [3.05, 3.63) is 71.8 Å². The first kappa shape index (κ1) is 36.3. The SMILES string of the molecule is CO[C@@](C(=O)O[C@H]1C[C@@H](C)[C@H](CC[C@@H](C)OC(=O)[C@](OC)(c2ccccc2)C(F)(F)F)C(C)(C)C1)(c1ccccc1)C(F)(F)F. The Balaban J connectivity index is 1.71. The third-order valence-corrected chi connectivity index (χ3v) is 8.89. The maximum atomic E-state index is 14.3. The van der Waals surface area contributed by atoms with Gasteiger partial charge >= 0.3 is 24.3 Å². The van der Waals surface area contributed by atoms with Gasteiger partial charge < -0.3 is 18.9 Å². The molecule has 1 aliphatic rings. The van der Waals surface area contributed by atoms with Crippen LogP contribution in [0.4, 0.5) is 26.3 Å². The summed E-state index contributed by atoms with van der Waals surface area (Å²) in [7, 11) is 1.61. The first-order valence-corrected chi connectivity index (χ1v) is 14.6. The van der Waals surface area contributed by atoms with Gasteiger partial charge in [-0.1, -0.05) is 81.4 Å². The Morgan fingerprint density at radius 1 is 0.822 bits per heavy atom. The first-order valence-electron chi connectivity index (χ1n) is 14.6. The average Bonchev–Trinajstić information content (AvgIpc) is 2.93. The van der Waals surface area contributed by atoms with E-state index in [4.69, 9.17) is 18.9 Å². The maximum Gasteiger partial charge on any atom is 0.432 e. The standard InChI is InChI=1S/C33H40F6O6/c1-21-19-25(45-28(41)31(43-6,33(37,38)39)24-15-11-8-12-16-24)20-29(3,4)26(21)18-17-22(2)44-27(40)30(42-5,32(34,35)36)23-13-9-7-10-14-23/h7-16,21-22,25-26H,17-20H2,1-6H3/t21-,22-,25+,26+,30-,31-/m1/s1. The van der Waals surface area contributed by atoms with Crippen LogP contribution in [0, 0.1) is 17.3 Å². The molecular weight excluding hydrogens is 606 g/mol. The number of rotatable bonds is 11. The van der Waals surface area contributed by atoms with Crippen molar-refractivity contribution in [3.63, 3.8) is 0 Å². The van der Waals surface area contributed by atoms with E-state index in [-0.39, 0.29) is 31.1 Å². The molecule has 0 aliphatic heterocycles. The Hall–Kier alpha value is -3.12. The van der Waals surface area contributed by atoms with Crippen molar-refractivity contribution in [1.82, 2.24) is 0 Å². The lowest BCUT2D eigenvalue weighted by Crippen LogP contribution is -2.53. The molecule has 12 heteroatoms. The van der Waals surface area contributed by atoms with Crippen LogP contribution in [-0.2, 0) is 39.7 Å². The zero-order valence-corrected chi connectivity index (χ0v) is 26.1. The summed E-state index contributed by atoms with van der Waals surface area (Å²) in [6.45, 7) is 7.16. The number of halogens is 6. The second-order valence-corrected chi connectivity index (χ2v) is 12.3. The Morgan fingerprint density at radius 2 is 1.27 bits per heavy atom. The predicted octanol–water partition coefficient (Wildman–Crippen LogP) is 7.89. The number of hydrogen-bond donors (Lipinski definition) is 0. The molecule has 0 N–H and O–H groups in total. The topological polar surface area (TPSA) is 71.1 Å². The highest BCUT2D eigenvalue weighted by Gasteiger charge is 2.65. The van der Waals surface area contributed by atoms with Crippen LogP contribution in [0.2, 0.25) is 0 Å². The summed E-state index contributed by atoms with van der Waals surface area (Å²) in [6.07, 6.45) is -10.8. The van der Waals surface area contributed by atoms with E-state index in [1.807, 2.05) is 20.8 Å². The van der Waals surface area contributed by atoms with Crippen molar-refractivity contribution < 1.29 is 54.9 Å². The third-order valence-electron chi connectivity index (χ3n) is 8.89. The van der Waals surface area contributed by atoms with Gasteiger partial charge in [0.25, 0.3) is 11.2 Å². The Labute approximate surface area is 259 Å². The summed E-state index contributed by atoms with van der Waals surface area (Å²) < 4.78 is 106. The van der Waals surface area contributed by atoms with Gasteiger partial charge in [-0.25, -0.2) is 9.59 Å². The van der Waals surface area contributed by atoms with Gasteiger partial charge in [-0.15, -0.1) is 0 Å². The van der Waals surface area contributed by atoms with E-state index in [9.17, 15) is 35.9 Å². The van der Waals surface area contributed by atoms with Crippen LogP contribution in [0.15, 0.2) is 60.7 Å². The molecule has 3 rings (SSSR count). The summed E-state index contributed by atoms with van der Waals surface area (Å²) in [6, 6.07) is 13.1. The number of alkyl halides is 6. The summed E-state index contributed by atoms with van der Waals surface area (Å²) in [5.41, 5.74) is -7.95. The maximum absolute atomic E-state index is 14.3. The number of hydrogen-bond acceptors (Lipinski definition) is 6. The molecule has 6 nitrogen and oxygen atoms in total. The number of ether oxygens (including phenoxy) is 4. The van der Waals surface area contributed by atoms with Gasteiger partial charge in [0.05, 0.1) is 6.10 Å². The molecule has 250 valence electrons. The molecule has 0 unspecified atom stereocenters. The summed E-state index contributed by atoms with van der Waals surface area (Å²) >= 11 is 0.